The quantitative estimate of drug-likeness (QED) is 0.847. The van der Waals surface area contributed by atoms with E-state index in [1.807, 2.05) is 18.2 Å². The average Bonchev–Trinajstić information content (AvgIpc) is 2.67. The molecule has 18 heavy (non-hydrogen) atoms. The van der Waals surface area contributed by atoms with Crippen LogP contribution in [0.2, 0.25) is 0 Å². The van der Waals surface area contributed by atoms with Crippen LogP contribution in [0.3, 0.4) is 0 Å². The van der Waals surface area contributed by atoms with Crippen LogP contribution >= 0.6 is 0 Å². The Labute approximate surface area is 106 Å². The average molecular weight is 242 g/mol. The fraction of sp³-hybridized carbons (Fsp3) is 0.200. The van der Waals surface area contributed by atoms with E-state index in [1.54, 1.807) is 6.07 Å². The number of rotatable bonds is 2. The van der Waals surface area contributed by atoms with E-state index in [0.29, 0.717) is 0 Å². The maximum atomic E-state index is 13.1. The fourth-order valence-electron chi connectivity index (χ4n) is 2.59. The van der Waals surface area contributed by atoms with Gasteiger partial charge >= 0.3 is 0 Å². The Hall–Kier alpha value is -1.87. The third-order valence-electron chi connectivity index (χ3n) is 3.43. The van der Waals surface area contributed by atoms with Gasteiger partial charge < -0.3 is 11.1 Å². The summed E-state index contributed by atoms with van der Waals surface area (Å²) in [7, 11) is 0. The van der Waals surface area contributed by atoms with Gasteiger partial charge in [0.1, 0.15) is 5.82 Å². The lowest BCUT2D eigenvalue weighted by molar-refractivity contribution is 0.625. The van der Waals surface area contributed by atoms with Crippen molar-refractivity contribution in [2.24, 2.45) is 5.73 Å². The zero-order valence-corrected chi connectivity index (χ0v) is 9.94. The Balaban J connectivity index is 1.87. The lowest BCUT2D eigenvalue weighted by atomic mass is 10.1. The summed E-state index contributed by atoms with van der Waals surface area (Å²) in [4.78, 5) is 0. The largest absolute Gasteiger partial charge is 0.378 e. The molecule has 0 fully saturated rings. The van der Waals surface area contributed by atoms with Gasteiger partial charge in [-0.25, -0.2) is 4.39 Å². The van der Waals surface area contributed by atoms with Crippen molar-refractivity contribution in [1.82, 2.24) is 0 Å². The van der Waals surface area contributed by atoms with Crippen LogP contribution in [0.25, 0.3) is 0 Å². The molecule has 0 aliphatic heterocycles. The summed E-state index contributed by atoms with van der Waals surface area (Å²) in [6, 6.07) is 14.9. The van der Waals surface area contributed by atoms with Crippen LogP contribution in [0.1, 0.15) is 29.6 Å². The second kappa shape index (κ2) is 4.42. The minimum atomic E-state index is -0.226. The van der Waals surface area contributed by atoms with Crippen molar-refractivity contribution >= 4 is 5.69 Å². The van der Waals surface area contributed by atoms with E-state index in [2.05, 4.69) is 17.4 Å². The van der Waals surface area contributed by atoms with Gasteiger partial charge in [0.25, 0.3) is 0 Å². The molecule has 0 saturated carbocycles. The molecule has 2 aromatic carbocycles. The van der Waals surface area contributed by atoms with E-state index < -0.39 is 0 Å². The maximum Gasteiger partial charge on any atom is 0.125 e. The predicted molar refractivity (Wildman–Crippen MR) is 70.8 cm³/mol. The van der Waals surface area contributed by atoms with Gasteiger partial charge in [0.2, 0.25) is 0 Å². The van der Waals surface area contributed by atoms with Crippen LogP contribution in [0.5, 0.6) is 0 Å². The second-order valence-corrected chi connectivity index (χ2v) is 4.68. The summed E-state index contributed by atoms with van der Waals surface area (Å²) in [5, 5.41) is 3.35. The molecule has 0 bridgehead atoms. The summed E-state index contributed by atoms with van der Waals surface area (Å²) in [5.41, 5.74) is 9.30. The highest BCUT2D eigenvalue weighted by molar-refractivity contribution is 5.49. The Morgan fingerprint density at radius 1 is 1.06 bits per heavy atom. The number of nitrogens with two attached hydrogens (primary N) is 1. The lowest BCUT2D eigenvalue weighted by Gasteiger charge is -2.15. The SMILES string of the molecule is NC1CC(Nc2cccc(F)c2)c2ccccc21. The van der Waals surface area contributed by atoms with E-state index in [1.165, 1.54) is 23.3 Å². The molecular formula is C15H15FN2. The minimum absolute atomic E-state index is 0.0623. The Morgan fingerprint density at radius 3 is 2.61 bits per heavy atom. The van der Waals surface area contributed by atoms with Gasteiger partial charge in [-0.2, -0.15) is 0 Å². The molecule has 2 unspecified atom stereocenters. The van der Waals surface area contributed by atoms with Crippen molar-refractivity contribution in [1.29, 1.82) is 0 Å². The Bertz CT molecular complexity index is 568. The zero-order valence-electron chi connectivity index (χ0n) is 9.94. The standard InChI is InChI=1S/C15H15FN2/c16-10-4-3-5-11(8-10)18-15-9-14(17)12-6-1-2-7-13(12)15/h1-8,14-15,18H,9,17H2. The normalized spacial score (nSPS) is 21.7. The first kappa shape index (κ1) is 11.2. The highest BCUT2D eigenvalue weighted by Gasteiger charge is 2.27. The fourth-order valence-corrected chi connectivity index (χ4v) is 2.59. The molecule has 1 aliphatic rings. The molecule has 0 amide bonds. The molecule has 3 rings (SSSR count). The second-order valence-electron chi connectivity index (χ2n) is 4.68. The van der Waals surface area contributed by atoms with Crippen molar-refractivity contribution in [3.8, 4) is 0 Å². The van der Waals surface area contributed by atoms with Crippen LogP contribution in [0.4, 0.5) is 10.1 Å². The minimum Gasteiger partial charge on any atom is -0.378 e. The Kier molecular flexibility index (Phi) is 2.76. The van der Waals surface area contributed by atoms with Crippen molar-refractivity contribution < 1.29 is 4.39 Å². The highest BCUT2D eigenvalue weighted by Crippen LogP contribution is 2.38. The summed E-state index contributed by atoms with van der Waals surface area (Å²) in [6.07, 6.45) is 0.843. The van der Waals surface area contributed by atoms with Crippen molar-refractivity contribution in [3.63, 3.8) is 0 Å². The molecule has 0 saturated heterocycles. The van der Waals surface area contributed by atoms with Gasteiger partial charge in [0.15, 0.2) is 0 Å². The van der Waals surface area contributed by atoms with E-state index >= 15 is 0 Å². The monoisotopic (exact) mass is 242 g/mol. The first-order valence-electron chi connectivity index (χ1n) is 6.10. The smallest absolute Gasteiger partial charge is 0.125 e. The number of halogens is 1. The molecule has 92 valence electrons. The van der Waals surface area contributed by atoms with E-state index in [0.717, 1.165) is 12.1 Å². The molecule has 0 radical (unpaired) electrons. The third kappa shape index (κ3) is 1.97. The van der Waals surface area contributed by atoms with Crippen molar-refractivity contribution in [2.45, 2.75) is 18.5 Å². The highest BCUT2D eigenvalue weighted by atomic mass is 19.1. The number of nitrogens with one attached hydrogen (secondary N) is 1. The van der Waals surface area contributed by atoms with Crippen LogP contribution in [-0.2, 0) is 0 Å². The van der Waals surface area contributed by atoms with Crippen LogP contribution in [0.15, 0.2) is 48.5 Å². The first-order chi connectivity index (χ1) is 8.74. The summed E-state index contributed by atoms with van der Waals surface area (Å²) < 4.78 is 13.1. The number of fused-ring (bicyclic) bond motifs is 1. The number of hydrogen-bond acceptors (Lipinski definition) is 2. The molecule has 2 atom stereocenters. The summed E-state index contributed by atoms with van der Waals surface area (Å²) in [5.74, 6) is -0.226. The molecule has 2 aromatic rings. The number of hydrogen-bond donors (Lipinski definition) is 2. The molecule has 0 spiro atoms. The zero-order chi connectivity index (χ0) is 12.5. The predicted octanol–water partition coefficient (Wildman–Crippen LogP) is 3.38. The molecule has 3 heteroatoms. The van der Waals surface area contributed by atoms with Crippen molar-refractivity contribution in [2.75, 3.05) is 5.32 Å². The Morgan fingerprint density at radius 2 is 1.83 bits per heavy atom. The topological polar surface area (TPSA) is 38.0 Å². The molecule has 3 N–H and O–H groups in total. The van der Waals surface area contributed by atoms with Gasteiger partial charge in [-0.15, -0.1) is 0 Å². The first-order valence-corrected chi connectivity index (χ1v) is 6.10. The van der Waals surface area contributed by atoms with Gasteiger partial charge in [0, 0.05) is 11.7 Å². The number of anilines is 1. The van der Waals surface area contributed by atoms with E-state index in [9.17, 15) is 4.39 Å². The molecule has 0 aromatic heterocycles. The summed E-state index contributed by atoms with van der Waals surface area (Å²) in [6.45, 7) is 0. The van der Waals surface area contributed by atoms with E-state index in [-0.39, 0.29) is 17.9 Å². The lowest BCUT2D eigenvalue weighted by Crippen LogP contribution is -2.10. The summed E-state index contributed by atoms with van der Waals surface area (Å²) >= 11 is 0. The van der Waals surface area contributed by atoms with Gasteiger partial charge in [-0.3, -0.25) is 0 Å². The molecule has 2 nitrogen and oxygen atoms in total. The van der Waals surface area contributed by atoms with Gasteiger partial charge in [0.05, 0.1) is 6.04 Å². The van der Waals surface area contributed by atoms with Crippen LogP contribution in [0, 0.1) is 5.82 Å². The van der Waals surface area contributed by atoms with Gasteiger partial charge in [-0.1, -0.05) is 30.3 Å². The van der Waals surface area contributed by atoms with Crippen molar-refractivity contribution in [3.05, 3.63) is 65.5 Å². The molecule has 0 heterocycles. The third-order valence-corrected chi connectivity index (χ3v) is 3.43. The van der Waals surface area contributed by atoms with E-state index in [4.69, 9.17) is 5.73 Å². The van der Waals surface area contributed by atoms with Crippen LogP contribution in [-0.4, -0.2) is 0 Å². The maximum absolute atomic E-state index is 13.1. The van der Waals surface area contributed by atoms with Crippen LogP contribution < -0.4 is 11.1 Å². The molecule has 1 aliphatic carbocycles. The van der Waals surface area contributed by atoms with Gasteiger partial charge in [-0.05, 0) is 35.7 Å². The molecular weight excluding hydrogens is 227 g/mol. The number of benzene rings is 2.